The van der Waals surface area contributed by atoms with Gasteiger partial charge >= 0.3 is 0 Å². The molecule has 4 rings (SSSR count). The number of halogens is 1. The van der Waals surface area contributed by atoms with Gasteiger partial charge in [0.1, 0.15) is 5.75 Å². The second-order valence-electron chi connectivity index (χ2n) is 7.32. The first kappa shape index (κ1) is 20.8. The molecule has 0 bridgehead atoms. The predicted molar refractivity (Wildman–Crippen MR) is 118 cm³/mol. The lowest BCUT2D eigenvalue weighted by Gasteiger charge is -2.35. The number of benzene rings is 2. The molecule has 7 nitrogen and oxygen atoms in total. The molecule has 1 atom stereocenters. The van der Waals surface area contributed by atoms with E-state index in [9.17, 15) is 9.59 Å². The van der Waals surface area contributed by atoms with Crippen molar-refractivity contribution in [3.05, 3.63) is 52.5 Å². The average molecular weight is 474 g/mol. The molecule has 2 heterocycles. The molecule has 30 heavy (non-hydrogen) atoms. The van der Waals surface area contributed by atoms with Crippen LogP contribution >= 0.6 is 15.9 Å². The second-order valence-corrected chi connectivity index (χ2v) is 8.17. The first-order valence-corrected chi connectivity index (χ1v) is 10.8. The zero-order chi connectivity index (χ0) is 21.1. The van der Waals surface area contributed by atoms with Crippen LogP contribution in [-0.2, 0) is 9.53 Å². The first-order chi connectivity index (χ1) is 14.5. The van der Waals surface area contributed by atoms with Crippen LogP contribution in [0, 0.1) is 0 Å². The number of hydrogen-bond acceptors (Lipinski definition) is 5. The summed E-state index contributed by atoms with van der Waals surface area (Å²) in [5.41, 5.74) is 1.83. The Morgan fingerprint density at radius 1 is 1.17 bits per heavy atom. The summed E-state index contributed by atoms with van der Waals surface area (Å²) in [5, 5.41) is 2.91. The standard InChI is InChI=1S/C22H24BrN3O4/c1-15-22(28)26(9-8-25-10-12-29-13-11-25)19-14-16(6-7-20(19)30-15)24-21(27)17-4-2-3-5-18(17)23/h2-7,14-15H,8-13H2,1H3,(H,24,27). The van der Waals surface area contributed by atoms with Crippen molar-refractivity contribution >= 4 is 39.1 Å². The average Bonchev–Trinajstić information content (AvgIpc) is 2.75. The Hall–Kier alpha value is -2.42. The molecule has 2 amide bonds. The Balaban J connectivity index is 1.54. The fourth-order valence-electron chi connectivity index (χ4n) is 3.63. The van der Waals surface area contributed by atoms with Crippen LogP contribution in [0.3, 0.4) is 0 Å². The lowest BCUT2D eigenvalue weighted by atomic mass is 10.1. The number of anilines is 2. The van der Waals surface area contributed by atoms with Crippen molar-refractivity contribution in [2.24, 2.45) is 0 Å². The lowest BCUT2D eigenvalue weighted by molar-refractivity contribution is -0.125. The quantitative estimate of drug-likeness (QED) is 0.721. The lowest BCUT2D eigenvalue weighted by Crippen LogP contribution is -2.48. The van der Waals surface area contributed by atoms with Gasteiger partial charge in [0.15, 0.2) is 6.10 Å². The Labute approximate surface area is 184 Å². The van der Waals surface area contributed by atoms with Gasteiger partial charge in [-0.1, -0.05) is 12.1 Å². The molecule has 1 fully saturated rings. The molecule has 1 N–H and O–H groups in total. The van der Waals surface area contributed by atoms with Crippen LogP contribution in [0.1, 0.15) is 17.3 Å². The summed E-state index contributed by atoms with van der Waals surface area (Å²) < 4.78 is 11.9. The normalized spacial score (nSPS) is 19.2. The SMILES string of the molecule is CC1Oc2ccc(NC(=O)c3ccccc3Br)cc2N(CCN2CCOCC2)C1=O. The van der Waals surface area contributed by atoms with Crippen molar-refractivity contribution in [3.8, 4) is 5.75 Å². The van der Waals surface area contributed by atoms with E-state index in [4.69, 9.17) is 9.47 Å². The summed E-state index contributed by atoms with van der Waals surface area (Å²) in [7, 11) is 0. The summed E-state index contributed by atoms with van der Waals surface area (Å²) in [5.74, 6) is 0.340. The Morgan fingerprint density at radius 2 is 1.93 bits per heavy atom. The molecule has 2 aromatic carbocycles. The van der Waals surface area contributed by atoms with Gasteiger partial charge in [-0.05, 0) is 53.2 Å². The van der Waals surface area contributed by atoms with E-state index >= 15 is 0 Å². The minimum Gasteiger partial charge on any atom is -0.479 e. The van der Waals surface area contributed by atoms with Gasteiger partial charge in [-0.25, -0.2) is 0 Å². The van der Waals surface area contributed by atoms with E-state index in [1.54, 1.807) is 36.1 Å². The van der Waals surface area contributed by atoms with Gasteiger partial charge in [-0.3, -0.25) is 14.5 Å². The van der Waals surface area contributed by atoms with E-state index in [0.717, 1.165) is 37.3 Å². The molecule has 2 aromatic rings. The van der Waals surface area contributed by atoms with Crippen LogP contribution in [0.15, 0.2) is 46.9 Å². The highest BCUT2D eigenvalue weighted by Gasteiger charge is 2.32. The topological polar surface area (TPSA) is 71.1 Å². The van der Waals surface area contributed by atoms with Crippen LogP contribution in [-0.4, -0.2) is 62.2 Å². The van der Waals surface area contributed by atoms with E-state index in [1.807, 2.05) is 18.2 Å². The summed E-state index contributed by atoms with van der Waals surface area (Å²) in [4.78, 5) is 29.5. The number of rotatable bonds is 5. The van der Waals surface area contributed by atoms with Crippen molar-refractivity contribution in [1.29, 1.82) is 0 Å². The Bertz CT molecular complexity index is 946. The van der Waals surface area contributed by atoms with Crippen molar-refractivity contribution in [2.45, 2.75) is 13.0 Å². The highest BCUT2D eigenvalue weighted by molar-refractivity contribution is 9.10. The Kier molecular flexibility index (Phi) is 6.36. The van der Waals surface area contributed by atoms with Crippen LogP contribution in [0.2, 0.25) is 0 Å². The molecule has 0 aliphatic carbocycles. The molecule has 2 aliphatic heterocycles. The zero-order valence-electron chi connectivity index (χ0n) is 16.8. The maximum Gasteiger partial charge on any atom is 0.267 e. The summed E-state index contributed by atoms with van der Waals surface area (Å²) in [6, 6.07) is 12.6. The van der Waals surface area contributed by atoms with Gasteiger partial charge < -0.3 is 19.7 Å². The molecule has 0 spiro atoms. The molecule has 2 aliphatic rings. The van der Waals surface area contributed by atoms with E-state index in [0.29, 0.717) is 29.2 Å². The number of amides is 2. The number of morpholine rings is 1. The van der Waals surface area contributed by atoms with E-state index in [-0.39, 0.29) is 11.8 Å². The Morgan fingerprint density at radius 3 is 2.70 bits per heavy atom. The van der Waals surface area contributed by atoms with E-state index in [2.05, 4.69) is 26.1 Å². The van der Waals surface area contributed by atoms with Crippen molar-refractivity contribution in [2.75, 3.05) is 49.6 Å². The summed E-state index contributed by atoms with van der Waals surface area (Å²) >= 11 is 3.41. The van der Waals surface area contributed by atoms with Gasteiger partial charge in [-0.2, -0.15) is 0 Å². The van der Waals surface area contributed by atoms with Crippen molar-refractivity contribution in [3.63, 3.8) is 0 Å². The molecule has 0 radical (unpaired) electrons. The third-order valence-corrected chi connectivity index (χ3v) is 5.98. The maximum atomic E-state index is 12.8. The zero-order valence-corrected chi connectivity index (χ0v) is 18.4. The number of carbonyl (C=O) groups is 2. The number of carbonyl (C=O) groups excluding carboxylic acids is 2. The van der Waals surface area contributed by atoms with Gasteiger partial charge in [0.25, 0.3) is 11.8 Å². The fourth-order valence-corrected chi connectivity index (χ4v) is 4.09. The minimum atomic E-state index is -0.539. The third kappa shape index (κ3) is 4.50. The number of nitrogens with one attached hydrogen (secondary N) is 1. The molecule has 1 unspecified atom stereocenters. The first-order valence-electron chi connectivity index (χ1n) is 10.0. The molecule has 8 heteroatoms. The van der Waals surface area contributed by atoms with E-state index < -0.39 is 6.10 Å². The maximum absolute atomic E-state index is 12.8. The van der Waals surface area contributed by atoms with Crippen LogP contribution in [0.25, 0.3) is 0 Å². The van der Waals surface area contributed by atoms with Crippen LogP contribution < -0.4 is 15.0 Å². The minimum absolute atomic E-state index is 0.0787. The smallest absolute Gasteiger partial charge is 0.267 e. The van der Waals surface area contributed by atoms with Crippen LogP contribution in [0.4, 0.5) is 11.4 Å². The molecule has 0 saturated carbocycles. The van der Waals surface area contributed by atoms with Crippen LogP contribution in [0.5, 0.6) is 5.75 Å². The summed E-state index contributed by atoms with van der Waals surface area (Å²) in [6.45, 7) is 6.24. The molecule has 158 valence electrons. The fraction of sp³-hybridized carbons (Fsp3) is 0.364. The number of nitrogens with zero attached hydrogens (tertiary/aromatic N) is 2. The number of fused-ring (bicyclic) bond motifs is 1. The number of hydrogen-bond donors (Lipinski definition) is 1. The van der Waals surface area contributed by atoms with Gasteiger partial charge in [0, 0.05) is 36.3 Å². The van der Waals surface area contributed by atoms with Crippen molar-refractivity contribution in [1.82, 2.24) is 4.90 Å². The van der Waals surface area contributed by atoms with E-state index in [1.165, 1.54) is 0 Å². The van der Waals surface area contributed by atoms with Gasteiger partial charge in [-0.15, -0.1) is 0 Å². The molecular formula is C22H24BrN3O4. The molecule has 0 aromatic heterocycles. The predicted octanol–water partition coefficient (Wildman–Crippen LogP) is 3.15. The molecule has 1 saturated heterocycles. The largest absolute Gasteiger partial charge is 0.479 e. The highest BCUT2D eigenvalue weighted by Crippen LogP contribution is 2.36. The monoisotopic (exact) mass is 473 g/mol. The van der Waals surface area contributed by atoms with Crippen molar-refractivity contribution < 1.29 is 19.1 Å². The summed E-state index contributed by atoms with van der Waals surface area (Å²) in [6.07, 6.45) is -0.539. The van der Waals surface area contributed by atoms with Gasteiger partial charge in [0.05, 0.1) is 24.5 Å². The molecular weight excluding hydrogens is 450 g/mol. The highest BCUT2D eigenvalue weighted by atomic mass is 79.9. The second kappa shape index (κ2) is 9.16. The number of ether oxygens (including phenoxy) is 2. The third-order valence-electron chi connectivity index (χ3n) is 5.29. The van der Waals surface area contributed by atoms with Gasteiger partial charge in [0.2, 0.25) is 0 Å².